The van der Waals surface area contributed by atoms with Crippen molar-refractivity contribution in [2.75, 3.05) is 0 Å². The van der Waals surface area contributed by atoms with Gasteiger partial charge in [-0.1, -0.05) is 12.2 Å². The molecule has 1 heterocycles. The van der Waals surface area contributed by atoms with E-state index in [-0.39, 0.29) is 0 Å². The molecule has 5 heteroatoms. The van der Waals surface area contributed by atoms with E-state index in [1.54, 1.807) is 0 Å². The summed E-state index contributed by atoms with van der Waals surface area (Å²) in [6.07, 6.45) is 1.20. The van der Waals surface area contributed by atoms with Crippen LogP contribution in [0.3, 0.4) is 0 Å². The van der Waals surface area contributed by atoms with Crippen molar-refractivity contribution in [2.24, 2.45) is 0 Å². The molecule has 0 aliphatic carbocycles. The summed E-state index contributed by atoms with van der Waals surface area (Å²) in [5.74, 6) is 0. The average Bonchev–Trinajstić information content (AvgIpc) is 2.14. The van der Waals surface area contributed by atoms with Gasteiger partial charge in [-0.25, -0.2) is 4.68 Å². The molecule has 0 saturated carbocycles. The van der Waals surface area contributed by atoms with Crippen LogP contribution >= 0.6 is 12.2 Å². The summed E-state index contributed by atoms with van der Waals surface area (Å²) < 4.78 is 24.3. The minimum absolute atomic E-state index is 0.315. The summed E-state index contributed by atoms with van der Waals surface area (Å²) in [5.41, 5.74) is 0. The Morgan fingerprint density at radius 3 is 2.56 bits per heavy atom. The maximum absolute atomic E-state index is 11.7. The number of aromatic amines is 1. The Morgan fingerprint density at radius 1 is 1.67 bits per heavy atom. The standard InChI is InChI=1S/C4H4F2N2S/c5-4(6)8-2-1-3(9)7-8/h1-2,4H,(H,7,9). The third-order valence-corrected chi connectivity index (χ3v) is 1.06. The normalized spacial score (nSPS) is 10.6. The number of rotatable bonds is 1. The van der Waals surface area contributed by atoms with Gasteiger partial charge in [-0.2, -0.15) is 8.78 Å². The van der Waals surface area contributed by atoms with Gasteiger partial charge in [0.2, 0.25) is 0 Å². The van der Waals surface area contributed by atoms with Gasteiger partial charge in [0.15, 0.2) is 0 Å². The van der Waals surface area contributed by atoms with Crippen molar-refractivity contribution in [3.8, 4) is 0 Å². The van der Waals surface area contributed by atoms with E-state index in [4.69, 9.17) is 0 Å². The van der Waals surface area contributed by atoms with Crippen molar-refractivity contribution in [3.05, 3.63) is 16.9 Å². The lowest BCUT2D eigenvalue weighted by Crippen LogP contribution is -1.96. The highest BCUT2D eigenvalue weighted by molar-refractivity contribution is 7.71. The third-order valence-electron chi connectivity index (χ3n) is 0.836. The molecule has 1 aromatic heterocycles. The van der Waals surface area contributed by atoms with Crippen LogP contribution in [-0.2, 0) is 0 Å². The smallest absolute Gasteiger partial charge is 0.284 e. The lowest BCUT2D eigenvalue weighted by Gasteiger charge is -1.95. The van der Waals surface area contributed by atoms with Crippen LogP contribution in [0.4, 0.5) is 8.78 Å². The summed E-state index contributed by atoms with van der Waals surface area (Å²) in [6.45, 7) is -2.53. The first kappa shape index (κ1) is 6.41. The average molecular weight is 150 g/mol. The minimum atomic E-state index is -2.53. The van der Waals surface area contributed by atoms with E-state index in [1.165, 1.54) is 12.3 Å². The maximum atomic E-state index is 11.7. The zero-order chi connectivity index (χ0) is 6.85. The fourth-order valence-corrected chi connectivity index (χ4v) is 0.630. The molecule has 50 valence electrons. The Balaban J connectivity index is 2.98. The minimum Gasteiger partial charge on any atom is -0.284 e. The van der Waals surface area contributed by atoms with Gasteiger partial charge in [0.25, 0.3) is 0 Å². The predicted octanol–water partition coefficient (Wildman–Crippen LogP) is 1.94. The summed E-state index contributed by atoms with van der Waals surface area (Å²) in [6, 6.07) is 1.40. The zero-order valence-electron chi connectivity index (χ0n) is 4.34. The fraction of sp³-hybridized carbons (Fsp3) is 0.250. The SMILES string of the molecule is FC(F)n1ccc(=S)[nH]1. The molecule has 9 heavy (non-hydrogen) atoms. The van der Waals surface area contributed by atoms with Crippen LogP contribution in [-0.4, -0.2) is 9.78 Å². The van der Waals surface area contributed by atoms with E-state index in [1.807, 2.05) is 0 Å². The molecular formula is C4H4F2N2S. The maximum Gasteiger partial charge on any atom is 0.331 e. The second-order valence-electron chi connectivity index (χ2n) is 1.48. The number of H-pyrrole nitrogens is 1. The monoisotopic (exact) mass is 150 g/mol. The molecule has 0 atom stereocenters. The molecule has 0 unspecified atom stereocenters. The number of halogens is 2. The van der Waals surface area contributed by atoms with Gasteiger partial charge in [0.05, 0.1) is 0 Å². The van der Waals surface area contributed by atoms with Crippen LogP contribution in [0, 0.1) is 4.64 Å². The first-order chi connectivity index (χ1) is 4.20. The second-order valence-corrected chi connectivity index (χ2v) is 1.92. The first-order valence-corrected chi connectivity index (χ1v) is 2.66. The molecule has 0 aliphatic heterocycles. The van der Waals surface area contributed by atoms with Crippen molar-refractivity contribution >= 4 is 12.2 Å². The quantitative estimate of drug-likeness (QED) is 0.607. The van der Waals surface area contributed by atoms with E-state index in [9.17, 15) is 8.78 Å². The van der Waals surface area contributed by atoms with Crippen LogP contribution in [0.25, 0.3) is 0 Å². The van der Waals surface area contributed by atoms with Crippen LogP contribution in [0.2, 0.25) is 0 Å². The number of nitrogens with one attached hydrogen (secondary N) is 1. The Morgan fingerprint density at radius 2 is 2.33 bits per heavy atom. The molecule has 1 rings (SSSR count). The van der Waals surface area contributed by atoms with E-state index >= 15 is 0 Å². The molecule has 1 N–H and O–H groups in total. The highest BCUT2D eigenvalue weighted by atomic mass is 32.1. The fourth-order valence-electron chi connectivity index (χ4n) is 0.464. The predicted molar refractivity (Wildman–Crippen MR) is 30.9 cm³/mol. The van der Waals surface area contributed by atoms with Crippen LogP contribution < -0.4 is 0 Å². The highest BCUT2D eigenvalue weighted by Crippen LogP contribution is 2.06. The van der Waals surface area contributed by atoms with Crippen LogP contribution in [0.1, 0.15) is 6.55 Å². The zero-order valence-corrected chi connectivity index (χ0v) is 5.16. The molecule has 0 spiro atoms. The Hall–Kier alpha value is -0.710. The molecule has 0 amide bonds. The van der Waals surface area contributed by atoms with Crippen molar-refractivity contribution in [3.63, 3.8) is 0 Å². The van der Waals surface area contributed by atoms with Gasteiger partial charge in [-0.3, -0.25) is 5.10 Å². The lowest BCUT2D eigenvalue weighted by atomic mass is 10.7. The second kappa shape index (κ2) is 2.26. The Bertz CT molecular complexity index is 239. The number of hydrogen-bond acceptors (Lipinski definition) is 1. The van der Waals surface area contributed by atoms with Gasteiger partial charge in [0, 0.05) is 6.20 Å². The highest BCUT2D eigenvalue weighted by Gasteiger charge is 2.01. The molecular weight excluding hydrogens is 146 g/mol. The molecule has 2 nitrogen and oxygen atoms in total. The molecule has 0 aliphatic rings. The van der Waals surface area contributed by atoms with Gasteiger partial charge >= 0.3 is 6.55 Å². The van der Waals surface area contributed by atoms with Crippen molar-refractivity contribution in [2.45, 2.75) is 6.55 Å². The van der Waals surface area contributed by atoms with Crippen molar-refractivity contribution in [1.29, 1.82) is 0 Å². The summed E-state index contributed by atoms with van der Waals surface area (Å²) in [4.78, 5) is 0. The Labute approximate surface area is 55.1 Å². The van der Waals surface area contributed by atoms with Gasteiger partial charge in [-0.05, 0) is 6.07 Å². The summed E-state index contributed by atoms with van der Waals surface area (Å²) >= 11 is 4.54. The van der Waals surface area contributed by atoms with Crippen molar-refractivity contribution < 1.29 is 8.78 Å². The van der Waals surface area contributed by atoms with Crippen LogP contribution in [0.5, 0.6) is 0 Å². The molecule has 0 aromatic carbocycles. The van der Waals surface area contributed by atoms with E-state index in [0.29, 0.717) is 9.32 Å². The van der Waals surface area contributed by atoms with E-state index < -0.39 is 6.55 Å². The molecule has 0 saturated heterocycles. The number of alkyl halides is 2. The van der Waals surface area contributed by atoms with E-state index in [2.05, 4.69) is 17.3 Å². The van der Waals surface area contributed by atoms with Crippen molar-refractivity contribution in [1.82, 2.24) is 9.78 Å². The van der Waals surface area contributed by atoms with Gasteiger partial charge < -0.3 is 0 Å². The molecule has 0 radical (unpaired) electrons. The molecule has 0 bridgehead atoms. The summed E-state index contributed by atoms with van der Waals surface area (Å²) in [7, 11) is 0. The topological polar surface area (TPSA) is 20.7 Å². The molecule has 1 aromatic rings. The largest absolute Gasteiger partial charge is 0.331 e. The summed E-state index contributed by atoms with van der Waals surface area (Å²) in [5, 5.41) is 2.26. The van der Waals surface area contributed by atoms with E-state index in [0.717, 1.165) is 0 Å². The number of aromatic nitrogens is 2. The van der Waals surface area contributed by atoms with Gasteiger partial charge in [-0.15, -0.1) is 0 Å². The van der Waals surface area contributed by atoms with Crippen LogP contribution in [0.15, 0.2) is 12.3 Å². The first-order valence-electron chi connectivity index (χ1n) is 2.25. The number of hydrogen-bond donors (Lipinski definition) is 1. The molecule has 0 fully saturated rings. The third kappa shape index (κ3) is 1.35. The van der Waals surface area contributed by atoms with Gasteiger partial charge in [0.1, 0.15) is 4.64 Å². The lowest BCUT2D eigenvalue weighted by molar-refractivity contribution is 0.0564. The Kier molecular flexibility index (Phi) is 1.61. The number of nitrogens with zero attached hydrogens (tertiary/aromatic N) is 1.